The van der Waals surface area contributed by atoms with Gasteiger partial charge in [-0.05, 0) is 44.9 Å². The second-order valence-electron chi connectivity index (χ2n) is 25.3. The van der Waals surface area contributed by atoms with Gasteiger partial charge in [-0.2, -0.15) is 0 Å². The van der Waals surface area contributed by atoms with Crippen LogP contribution in [0.3, 0.4) is 0 Å². The average molecular weight is 1150 g/mol. The summed E-state index contributed by atoms with van der Waals surface area (Å²) in [5.74, 6) is -0.809. The third-order valence-electron chi connectivity index (χ3n) is 16.0. The molecular weight excluding hydrogens is 1010 g/mol. The Morgan fingerprint density at radius 1 is 0.388 bits per heavy atom. The average Bonchev–Trinajstić information content (AvgIpc) is 3.42. The summed E-state index contributed by atoms with van der Waals surface area (Å²) in [6.07, 6.45) is 77.1. The minimum Gasteiger partial charge on any atom is -0.756 e. The summed E-state index contributed by atoms with van der Waals surface area (Å²) >= 11 is 0. The minimum absolute atomic E-state index is 0.0262. The topological polar surface area (TPSA) is 111 Å². The zero-order valence-electron chi connectivity index (χ0n) is 54.1. The molecule has 0 bridgehead atoms. The molecule has 0 fully saturated rings. The number of hydrogen-bond donors (Lipinski definition) is 0. The summed E-state index contributed by atoms with van der Waals surface area (Å²) in [6.45, 7) is 4.30. The third kappa shape index (κ3) is 65.6. The lowest BCUT2D eigenvalue weighted by atomic mass is 10.0. The lowest BCUT2D eigenvalue weighted by Crippen LogP contribution is -2.37. The van der Waals surface area contributed by atoms with Gasteiger partial charge in [-0.1, -0.05) is 327 Å². The molecule has 0 aromatic carbocycles. The van der Waals surface area contributed by atoms with Gasteiger partial charge in [0.25, 0.3) is 7.82 Å². The second kappa shape index (κ2) is 62.0. The fraction of sp³-hybridized carbons (Fsp3) is 0.914. The van der Waals surface area contributed by atoms with E-state index in [-0.39, 0.29) is 32.0 Å². The van der Waals surface area contributed by atoms with Crippen molar-refractivity contribution in [2.75, 3.05) is 47.5 Å². The zero-order chi connectivity index (χ0) is 58.4. The van der Waals surface area contributed by atoms with Crippen molar-refractivity contribution < 1.29 is 42.1 Å². The quantitative estimate of drug-likeness (QED) is 0.0195. The van der Waals surface area contributed by atoms with Crippen LogP contribution in [-0.2, 0) is 32.7 Å². The summed E-state index contributed by atoms with van der Waals surface area (Å²) in [4.78, 5) is 38.0. The number of carbonyl (C=O) groups excluding carboxylic acids is 2. The van der Waals surface area contributed by atoms with Crippen LogP contribution in [0.25, 0.3) is 0 Å². The van der Waals surface area contributed by atoms with Gasteiger partial charge in [-0.25, -0.2) is 0 Å². The summed E-state index contributed by atoms with van der Waals surface area (Å²) in [5, 5.41) is 0. The van der Waals surface area contributed by atoms with E-state index >= 15 is 0 Å². The Labute approximate surface area is 498 Å². The van der Waals surface area contributed by atoms with Gasteiger partial charge in [-0.15, -0.1) is 0 Å². The van der Waals surface area contributed by atoms with E-state index in [4.69, 9.17) is 18.5 Å². The van der Waals surface area contributed by atoms with Crippen molar-refractivity contribution in [3.8, 4) is 0 Å². The molecule has 9 nitrogen and oxygen atoms in total. The van der Waals surface area contributed by atoms with Crippen LogP contribution in [0.5, 0.6) is 0 Å². The van der Waals surface area contributed by atoms with Crippen LogP contribution in [0.2, 0.25) is 0 Å². The van der Waals surface area contributed by atoms with Crippen molar-refractivity contribution in [3.05, 3.63) is 24.3 Å². The number of allylic oxidation sites excluding steroid dienone is 4. The molecule has 80 heavy (non-hydrogen) atoms. The van der Waals surface area contributed by atoms with E-state index in [9.17, 15) is 19.0 Å². The van der Waals surface area contributed by atoms with E-state index in [0.717, 1.165) is 38.5 Å². The van der Waals surface area contributed by atoms with Crippen molar-refractivity contribution in [1.29, 1.82) is 0 Å². The molecule has 0 spiro atoms. The number of quaternary nitrogens is 1. The van der Waals surface area contributed by atoms with Crippen LogP contribution in [0.1, 0.15) is 361 Å². The van der Waals surface area contributed by atoms with Gasteiger partial charge in [0.1, 0.15) is 19.8 Å². The summed E-state index contributed by atoms with van der Waals surface area (Å²) in [5.41, 5.74) is 0. The summed E-state index contributed by atoms with van der Waals surface area (Å²) in [6, 6.07) is 0. The van der Waals surface area contributed by atoms with Crippen molar-refractivity contribution in [2.24, 2.45) is 0 Å². The molecule has 0 aliphatic carbocycles. The van der Waals surface area contributed by atoms with E-state index in [1.165, 1.54) is 289 Å². The number of nitrogens with zero attached hydrogens (tertiary/aromatic N) is 1. The third-order valence-corrected chi connectivity index (χ3v) is 16.9. The Hall–Kier alpha value is -1.51. The molecular formula is C70H136NO8P. The fourth-order valence-electron chi connectivity index (χ4n) is 10.6. The molecule has 2 unspecified atom stereocenters. The fourth-order valence-corrected chi connectivity index (χ4v) is 11.3. The SMILES string of the molecule is CCCCCCC/C=C\C/C=C\CCCCCCCCCCCCCCCCCCCCCCCCCCCCCC(=O)OC(COC(=O)CCCCCCCCCCCCCCCCCCC)COP(=O)([O-])OCC[N+](C)(C)C. The van der Waals surface area contributed by atoms with Gasteiger partial charge in [0.15, 0.2) is 6.10 Å². The van der Waals surface area contributed by atoms with Crippen molar-refractivity contribution in [1.82, 2.24) is 0 Å². The number of esters is 2. The number of phosphoric acid groups is 1. The van der Waals surface area contributed by atoms with Crippen LogP contribution in [0, 0.1) is 0 Å². The van der Waals surface area contributed by atoms with Crippen molar-refractivity contribution in [2.45, 2.75) is 367 Å². The molecule has 0 aliphatic rings. The maximum absolute atomic E-state index is 12.8. The summed E-state index contributed by atoms with van der Waals surface area (Å²) < 4.78 is 34.3. The number of carbonyl (C=O) groups is 2. The lowest BCUT2D eigenvalue weighted by Gasteiger charge is -2.28. The number of phosphoric ester groups is 1. The molecule has 10 heteroatoms. The first-order valence-electron chi connectivity index (χ1n) is 35.0. The van der Waals surface area contributed by atoms with E-state index in [2.05, 4.69) is 38.2 Å². The normalized spacial score (nSPS) is 13.2. The van der Waals surface area contributed by atoms with E-state index in [0.29, 0.717) is 17.4 Å². The molecule has 0 saturated carbocycles. The van der Waals surface area contributed by atoms with Crippen LogP contribution in [-0.4, -0.2) is 70.0 Å². The predicted molar refractivity (Wildman–Crippen MR) is 342 cm³/mol. The number of ether oxygens (including phenoxy) is 2. The molecule has 0 aromatic heterocycles. The predicted octanol–water partition coefficient (Wildman–Crippen LogP) is 21.9. The maximum atomic E-state index is 12.8. The molecule has 474 valence electrons. The first-order valence-corrected chi connectivity index (χ1v) is 36.5. The first kappa shape index (κ1) is 78.5. The van der Waals surface area contributed by atoms with E-state index in [1.54, 1.807) is 0 Å². The molecule has 0 N–H and O–H groups in total. The zero-order valence-corrected chi connectivity index (χ0v) is 55.0. The van der Waals surface area contributed by atoms with Gasteiger partial charge in [0.05, 0.1) is 27.7 Å². The molecule has 0 heterocycles. The first-order chi connectivity index (χ1) is 39.0. The molecule has 0 amide bonds. The van der Waals surface area contributed by atoms with Crippen LogP contribution < -0.4 is 4.89 Å². The molecule has 0 aromatic rings. The highest BCUT2D eigenvalue weighted by Gasteiger charge is 2.22. The van der Waals surface area contributed by atoms with Gasteiger partial charge < -0.3 is 27.9 Å². The Bertz CT molecular complexity index is 1400. The standard InChI is InChI=1S/C70H136NO8P/c1-6-8-10-12-14-16-18-20-22-24-25-26-27-28-29-30-31-32-33-34-35-36-37-38-39-40-41-42-43-44-45-47-49-51-53-55-57-59-61-63-70(73)79-68(67-78-80(74,75)77-65-64-71(3,4)5)66-76-69(72)62-60-58-56-54-52-50-48-46-23-21-19-17-15-13-11-9-7-2/h18,20,24-25,68H,6-17,19,21-23,26-67H2,1-5H3/b20-18-,25-24-. The Balaban J connectivity index is 3.87. The molecule has 0 aliphatic heterocycles. The second-order valence-corrected chi connectivity index (χ2v) is 26.7. The van der Waals surface area contributed by atoms with Crippen LogP contribution in [0.4, 0.5) is 0 Å². The number of rotatable bonds is 66. The number of hydrogen-bond acceptors (Lipinski definition) is 8. The minimum atomic E-state index is -4.63. The smallest absolute Gasteiger partial charge is 0.306 e. The van der Waals surface area contributed by atoms with Crippen molar-refractivity contribution in [3.63, 3.8) is 0 Å². The van der Waals surface area contributed by atoms with E-state index < -0.39 is 26.5 Å². The maximum Gasteiger partial charge on any atom is 0.306 e. The van der Waals surface area contributed by atoms with Gasteiger partial charge >= 0.3 is 11.9 Å². The Morgan fingerprint density at radius 2 is 0.675 bits per heavy atom. The van der Waals surface area contributed by atoms with Crippen LogP contribution in [0.15, 0.2) is 24.3 Å². The highest BCUT2D eigenvalue weighted by Crippen LogP contribution is 2.38. The van der Waals surface area contributed by atoms with E-state index in [1.807, 2.05) is 21.1 Å². The van der Waals surface area contributed by atoms with Gasteiger partial charge in [0.2, 0.25) is 0 Å². The molecule has 2 atom stereocenters. The Morgan fingerprint density at radius 3 is 0.988 bits per heavy atom. The van der Waals surface area contributed by atoms with Gasteiger partial charge in [0, 0.05) is 12.8 Å². The van der Waals surface area contributed by atoms with Crippen molar-refractivity contribution >= 4 is 19.8 Å². The highest BCUT2D eigenvalue weighted by atomic mass is 31.2. The molecule has 0 rings (SSSR count). The van der Waals surface area contributed by atoms with Gasteiger partial charge in [-0.3, -0.25) is 14.2 Å². The molecule has 0 radical (unpaired) electrons. The summed E-state index contributed by atoms with van der Waals surface area (Å²) in [7, 11) is 1.19. The van der Waals surface area contributed by atoms with Crippen LogP contribution >= 0.6 is 7.82 Å². The highest BCUT2D eigenvalue weighted by molar-refractivity contribution is 7.45. The number of unbranched alkanes of at least 4 members (excludes halogenated alkanes) is 48. The lowest BCUT2D eigenvalue weighted by molar-refractivity contribution is -0.870. The monoisotopic (exact) mass is 1150 g/mol. The largest absolute Gasteiger partial charge is 0.756 e. The number of likely N-dealkylation sites (N-methyl/N-ethyl adjacent to an activating group) is 1. The molecule has 0 saturated heterocycles. The Kier molecular flexibility index (Phi) is 60.9.